The quantitative estimate of drug-likeness (QED) is 0.265. The molecule has 6 rings (SSSR count). The molecule has 0 saturated carbocycles. The molecule has 0 radical (unpaired) electrons. The van der Waals surface area contributed by atoms with Gasteiger partial charge in [-0.3, -0.25) is 0 Å². The van der Waals surface area contributed by atoms with Crippen molar-refractivity contribution in [2.45, 2.75) is 12.8 Å². The van der Waals surface area contributed by atoms with Crippen LogP contribution < -0.4 is 24.8 Å². The summed E-state index contributed by atoms with van der Waals surface area (Å²) >= 11 is 0. The number of fused-ring (bicyclic) bond motifs is 6. The molecular weight excluding hydrogens is 474 g/mol. The van der Waals surface area contributed by atoms with Crippen LogP contribution in [0.4, 0.5) is 0 Å². The van der Waals surface area contributed by atoms with Gasteiger partial charge in [0.2, 0.25) is 0 Å². The van der Waals surface area contributed by atoms with E-state index in [0.29, 0.717) is 0 Å². The molecule has 0 aliphatic heterocycles. The van der Waals surface area contributed by atoms with E-state index in [2.05, 4.69) is 84.9 Å². The van der Waals surface area contributed by atoms with Gasteiger partial charge in [0, 0.05) is 0 Å². The molecule has 0 atom stereocenters. The summed E-state index contributed by atoms with van der Waals surface area (Å²) in [5.74, 6) is 0. The molecule has 0 N–H and O–H groups in total. The molecule has 2 aliphatic rings. The maximum Gasteiger partial charge on any atom is 4.00 e. The molecule has 140 valence electrons. The summed E-state index contributed by atoms with van der Waals surface area (Å²) in [6.45, 7) is 0. The minimum atomic E-state index is 0. The van der Waals surface area contributed by atoms with Crippen LogP contribution in [0.25, 0.3) is 22.3 Å². The minimum absolute atomic E-state index is 0. The van der Waals surface area contributed by atoms with Crippen molar-refractivity contribution >= 4 is 0 Å². The van der Waals surface area contributed by atoms with Crippen LogP contribution in [0.1, 0.15) is 22.3 Å². The molecule has 0 amide bonds. The van der Waals surface area contributed by atoms with E-state index < -0.39 is 0 Å². The van der Waals surface area contributed by atoms with Gasteiger partial charge in [0.05, 0.1) is 0 Å². The minimum Gasteiger partial charge on any atom is -1.00 e. The Morgan fingerprint density at radius 1 is 0.483 bits per heavy atom. The van der Waals surface area contributed by atoms with Crippen LogP contribution in [0.3, 0.4) is 0 Å². The zero-order valence-corrected chi connectivity index (χ0v) is 19.7. The first-order valence-electron chi connectivity index (χ1n) is 9.06. The molecule has 4 aromatic rings. The van der Waals surface area contributed by atoms with E-state index in [1.807, 2.05) is 12.1 Å². The molecule has 0 nitrogen and oxygen atoms in total. The van der Waals surface area contributed by atoms with Crippen molar-refractivity contribution in [1.82, 2.24) is 0 Å². The van der Waals surface area contributed by atoms with E-state index in [0.717, 1.165) is 12.8 Å². The number of rotatable bonds is 0. The van der Waals surface area contributed by atoms with Crippen molar-refractivity contribution in [2.75, 3.05) is 0 Å². The second-order valence-corrected chi connectivity index (χ2v) is 6.79. The molecule has 0 fully saturated rings. The van der Waals surface area contributed by atoms with Crippen LogP contribution in [0.5, 0.6) is 0 Å². The number of hydrogen-bond acceptors (Lipinski definition) is 0. The molecule has 0 spiro atoms. The number of halogens is 2. The van der Waals surface area contributed by atoms with Crippen molar-refractivity contribution in [3.05, 3.63) is 119 Å². The number of benzene rings is 4. The Bertz CT molecular complexity index is 929. The van der Waals surface area contributed by atoms with Gasteiger partial charge in [0.15, 0.2) is 0 Å². The van der Waals surface area contributed by atoms with Crippen molar-refractivity contribution < 1.29 is 51.0 Å². The Morgan fingerprint density at radius 2 is 0.862 bits per heavy atom. The average Bonchev–Trinajstić information content (AvgIpc) is 3.27. The van der Waals surface area contributed by atoms with E-state index >= 15 is 0 Å². The third-order valence-electron chi connectivity index (χ3n) is 5.23. The SMILES string of the molecule is [Cl-].[Cl-].[Zr+4].[c-]1cccc2c1Cc1ccccc1-2.[c-]1cccc2c1Cc1ccccc1-2. The van der Waals surface area contributed by atoms with Crippen LogP contribution in [0.15, 0.2) is 84.9 Å². The maximum absolute atomic E-state index is 3.30. The fraction of sp³-hybridized carbons (Fsp3) is 0.0769. The maximum atomic E-state index is 3.30. The van der Waals surface area contributed by atoms with Crippen molar-refractivity contribution in [3.8, 4) is 22.3 Å². The molecule has 0 bridgehead atoms. The topological polar surface area (TPSA) is 0 Å². The van der Waals surface area contributed by atoms with Gasteiger partial charge < -0.3 is 24.8 Å². The molecule has 29 heavy (non-hydrogen) atoms. The summed E-state index contributed by atoms with van der Waals surface area (Å²) in [5, 5.41) is 0. The van der Waals surface area contributed by atoms with Gasteiger partial charge in [-0.15, -0.1) is 11.1 Å². The van der Waals surface area contributed by atoms with Crippen molar-refractivity contribution in [1.29, 1.82) is 0 Å². The van der Waals surface area contributed by atoms with E-state index in [1.165, 1.54) is 44.5 Å². The third kappa shape index (κ3) is 4.59. The number of hydrogen-bond donors (Lipinski definition) is 0. The molecule has 2 aliphatic carbocycles. The van der Waals surface area contributed by atoms with Gasteiger partial charge in [-0.2, -0.15) is 59.7 Å². The summed E-state index contributed by atoms with van der Waals surface area (Å²) in [4.78, 5) is 0. The smallest absolute Gasteiger partial charge is 1.00 e. The first-order chi connectivity index (χ1) is 12.9. The standard InChI is InChI=1S/2C13H9.2ClH.Zr/c2*1-3-7-12-10(5-1)9-11-6-2-4-8-13(11)12;;;/h2*1-5,7-8H,9H2;2*1H;/q2*-1;;;+4/p-2. The fourth-order valence-electron chi connectivity index (χ4n) is 4.00. The zero-order chi connectivity index (χ0) is 17.3. The first kappa shape index (κ1) is 23.6. The van der Waals surface area contributed by atoms with Gasteiger partial charge in [0.1, 0.15) is 0 Å². The van der Waals surface area contributed by atoms with Crippen LogP contribution >= 0.6 is 0 Å². The molecule has 3 heteroatoms. The van der Waals surface area contributed by atoms with Crippen molar-refractivity contribution in [3.63, 3.8) is 0 Å². The van der Waals surface area contributed by atoms with E-state index in [1.54, 1.807) is 0 Å². The predicted octanol–water partition coefficient (Wildman–Crippen LogP) is 0.121. The van der Waals surface area contributed by atoms with Gasteiger partial charge >= 0.3 is 26.2 Å². The predicted molar refractivity (Wildman–Crippen MR) is 107 cm³/mol. The Labute approximate surface area is 204 Å². The first-order valence-corrected chi connectivity index (χ1v) is 9.06. The second-order valence-electron chi connectivity index (χ2n) is 6.79. The summed E-state index contributed by atoms with van der Waals surface area (Å²) in [5.41, 5.74) is 11.0. The van der Waals surface area contributed by atoms with Crippen LogP contribution in [-0.2, 0) is 39.0 Å². The molecule has 0 aromatic heterocycles. The van der Waals surface area contributed by atoms with Gasteiger partial charge in [-0.05, 0) is 12.8 Å². The molecule has 0 saturated heterocycles. The van der Waals surface area contributed by atoms with Gasteiger partial charge in [-0.1, -0.05) is 70.8 Å². The monoisotopic (exact) mass is 490 g/mol. The Hall–Kier alpha value is -1.66. The largest absolute Gasteiger partial charge is 4.00 e. The Morgan fingerprint density at radius 3 is 1.31 bits per heavy atom. The average molecular weight is 493 g/mol. The zero-order valence-electron chi connectivity index (χ0n) is 15.8. The van der Waals surface area contributed by atoms with Gasteiger partial charge in [-0.25, -0.2) is 0 Å². The summed E-state index contributed by atoms with van der Waals surface area (Å²) in [6, 6.07) is 36.2. The van der Waals surface area contributed by atoms with E-state index in [-0.39, 0.29) is 51.0 Å². The molecular formula is C26H18Cl2Zr. The molecule has 4 aromatic carbocycles. The van der Waals surface area contributed by atoms with Crippen molar-refractivity contribution in [2.24, 2.45) is 0 Å². The van der Waals surface area contributed by atoms with Gasteiger partial charge in [0.25, 0.3) is 0 Å². The van der Waals surface area contributed by atoms with Crippen LogP contribution in [0.2, 0.25) is 0 Å². The Balaban J connectivity index is 0.000000187. The van der Waals surface area contributed by atoms with E-state index in [9.17, 15) is 0 Å². The second kappa shape index (κ2) is 10.4. The summed E-state index contributed by atoms with van der Waals surface area (Å²) < 4.78 is 0. The Kier molecular flexibility index (Phi) is 8.47. The molecule has 0 unspecified atom stereocenters. The normalized spacial score (nSPS) is 11.0. The fourth-order valence-corrected chi connectivity index (χ4v) is 4.00. The third-order valence-corrected chi connectivity index (χ3v) is 5.23. The van der Waals surface area contributed by atoms with E-state index in [4.69, 9.17) is 0 Å². The molecule has 0 heterocycles. The summed E-state index contributed by atoms with van der Waals surface area (Å²) in [7, 11) is 0. The summed E-state index contributed by atoms with van der Waals surface area (Å²) in [6.07, 6.45) is 2.10. The van der Waals surface area contributed by atoms with Crippen LogP contribution in [0, 0.1) is 12.1 Å². The van der Waals surface area contributed by atoms with Crippen LogP contribution in [-0.4, -0.2) is 0 Å².